The summed E-state index contributed by atoms with van der Waals surface area (Å²) in [7, 11) is 0. The lowest BCUT2D eigenvalue weighted by Gasteiger charge is -2.33. The molecule has 5 rings (SSSR count). The van der Waals surface area contributed by atoms with E-state index in [4.69, 9.17) is 9.26 Å². The number of anilines is 2. The van der Waals surface area contributed by atoms with Crippen LogP contribution in [0, 0.1) is 17.6 Å². The standard InChI is InChI=1S/C26H27F2N5O4/c1-16(34)29-14-20-15-33(26(35)36-20)19-12-21(27)24(22(28)13-19)32-9-7-17(8-10-32)11-23-30-25(37-31-23)18-5-3-2-4-6-18/h2-6,12-13,17,20H,7-11,14-15H2,1H3,(H,29,34). The van der Waals surface area contributed by atoms with E-state index in [1.165, 1.54) is 11.8 Å². The first-order valence-corrected chi connectivity index (χ1v) is 12.2. The SMILES string of the molecule is CC(=O)NCC1CN(c2cc(F)c(N3CCC(Cc4noc(-c5ccccc5)n4)CC3)c(F)c2)C(=O)O1. The molecule has 0 saturated carbocycles. The molecule has 2 saturated heterocycles. The Morgan fingerprint density at radius 1 is 1.14 bits per heavy atom. The minimum atomic E-state index is -0.739. The van der Waals surface area contributed by atoms with E-state index in [1.54, 1.807) is 4.90 Å². The van der Waals surface area contributed by atoms with Crippen LogP contribution in [-0.2, 0) is 16.0 Å². The van der Waals surface area contributed by atoms with Crippen LogP contribution in [0.4, 0.5) is 25.0 Å². The van der Waals surface area contributed by atoms with Gasteiger partial charge in [0.15, 0.2) is 17.5 Å². The fraction of sp³-hybridized carbons (Fsp3) is 0.385. The molecule has 2 fully saturated rings. The normalized spacial score (nSPS) is 18.2. The molecule has 37 heavy (non-hydrogen) atoms. The summed E-state index contributed by atoms with van der Waals surface area (Å²) in [6.45, 7) is 2.53. The van der Waals surface area contributed by atoms with E-state index in [0.717, 1.165) is 30.5 Å². The van der Waals surface area contributed by atoms with Crippen molar-refractivity contribution in [3.8, 4) is 11.5 Å². The van der Waals surface area contributed by atoms with Crippen molar-refractivity contribution in [2.45, 2.75) is 32.3 Å². The van der Waals surface area contributed by atoms with Gasteiger partial charge in [0.25, 0.3) is 5.89 Å². The van der Waals surface area contributed by atoms with Crippen molar-refractivity contribution in [3.05, 3.63) is 59.9 Å². The average molecular weight is 512 g/mol. The molecule has 2 aromatic carbocycles. The van der Waals surface area contributed by atoms with Crippen LogP contribution < -0.4 is 15.1 Å². The predicted molar refractivity (Wildman–Crippen MR) is 131 cm³/mol. The quantitative estimate of drug-likeness (QED) is 0.513. The van der Waals surface area contributed by atoms with Crippen LogP contribution in [0.25, 0.3) is 11.5 Å². The fourth-order valence-electron chi connectivity index (χ4n) is 4.76. The molecule has 2 aliphatic heterocycles. The number of nitrogens with zero attached hydrogens (tertiary/aromatic N) is 4. The molecular formula is C26H27F2N5O4. The lowest BCUT2D eigenvalue weighted by Crippen LogP contribution is -2.36. The summed E-state index contributed by atoms with van der Waals surface area (Å²) in [4.78, 5) is 30.7. The lowest BCUT2D eigenvalue weighted by atomic mass is 9.93. The second-order valence-corrected chi connectivity index (χ2v) is 9.33. The Hall–Kier alpha value is -4.02. The molecule has 0 bridgehead atoms. The molecular weight excluding hydrogens is 484 g/mol. The van der Waals surface area contributed by atoms with Crippen LogP contribution in [0.2, 0.25) is 0 Å². The number of hydrogen-bond acceptors (Lipinski definition) is 7. The number of halogens is 2. The summed E-state index contributed by atoms with van der Waals surface area (Å²) in [5.74, 6) is -0.375. The van der Waals surface area contributed by atoms with Crippen molar-refractivity contribution in [3.63, 3.8) is 0 Å². The van der Waals surface area contributed by atoms with Crippen molar-refractivity contribution in [1.82, 2.24) is 15.5 Å². The molecule has 11 heteroatoms. The third-order valence-corrected chi connectivity index (χ3v) is 6.66. The number of aromatic nitrogens is 2. The molecule has 0 spiro atoms. The van der Waals surface area contributed by atoms with Gasteiger partial charge in [0.05, 0.1) is 18.8 Å². The van der Waals surface area contributed by atoms with Gasteiger partial charge in [-0.05, 0) is 30.9 Å². The molecule has 2 aliphatic rings. The average Bonchev–Trinajstić information content (AvgIpc) is 3.50. The number of carbonyl (C=O) groups excluding carboxylic acids is 2. The third-order valence-electron chi connectivity index (χ3n) is 6.66. The molecule has 1 unspecified atom stereocenters. The maximum Gasteiger partial charge on any atom is 0.414 e. The summed E-state index contributed by atoms with van der Waals surface area (Å²) >= 11 is 0. The lowest BCUT2D eigenvalue weighted by molar-refractivity contribution is -0.119. The molecule has 3 heterocycles. The molecule has 194 valence electrons. The van der Waals surface area contributed by atoms with E-state index in [9.17, 15) is 9.59 Å². The van der Waals surface area contributed by atoms with Crippen molar-refractivity contribution in [2.24, 2.45) is 5.92 Å². The summed E-state index contributed by atoms with van der Waals surface area (Å²) < 4.78 is 40.7. The highest BCUT2D eigenvalue weighted by atomic mass is 19.1. The molecule has 1 aromatic heterocycles. The van der Waals surface area contributed by atoms with E-state index in [1.807, 2.05) is 30.3 Å². The monoisotopic (exact) mass is 511 g/mol. The maximum atomic E-state index is 15.1. The second-order valence-electron chi connectivity index (χ2n) is 9.33. The Balaban J connectivity index is 1.19. The second kappa shape index (κ2) is 10.5. The fourth-order valence-corrected chi connectivity index (χ4v) is 4.76. The van der Waals surface area contributed by atoms with Crippen molar-refractivity contribution in [1.29, 1.82) is 0 Å². The maximum absolute atomic E-state index is 15.1. The minimum Gasteiger partial charge on any atom is -0.442 e. The minimum absolute atomic E-state index is 0.0790. The highest BCUT2D eigenvalue weighted by molar-refractivity contribution is 5.90. The van der Waals surface area contributed by atoms with Crippen LogP contribution in [0.3, 0.4) is 0 Å². The molecule has 1 atom stereocenters. The zero-order valence-corrected chi connectivity index (χ0v) is 20.3. The highest BCUT2D eigenvalue weighted by Crippen LogP contribution is 2.33. The number of piperidine rings is 1. The Morgan fingerprint density at radius 2 is 1.84 bits per heavy atom. The van der Waals surface area contributed by atoms with E-state index >= 15 is 8.78 Å². The summed E-state index contributed by atoms with van der Waals surface area (Å²) in [6.07, 6.45) is 0.770. The van der Waals surface area contributed by atoms with Crippen LogP contribution in [-0.4, -0.2) is 54.4 Å². The van der Waals surface area contributed by atoms with Gasteiger partial charge in [-0.15, -0.1) is 0 Å². The Labute approximate surface area is 212 Å². The zero-order chi connectivity index (χ0) is 25.9. The van der Waals surface area contributed by atoms with Crippen LogP contribution in [0.1, 0.15) is 25.6 Å². The first-order valence-electron chi connectivity index (χ1n) is 12.2. The van der Waals surface area contributed by atoms with E-state index < -0.39 is 23.8 Å². The van der Waals surface area contributed by atoms with Crippen molar-refractivity contribution >= 4 is 23.4 Å². The van der Waals surface area contributed by atoms with E-state index in [0.29, 0.717) is 31.2 Å². The number of rotatable bonds is 7. The first-order chi connectivity index (χ1) is 17.9. The Kier molecular flexibility index (Phi) is 7.02. The van der Waals surface area contributed by atoms with Crippen LogP contribution >= 0.6 is 0 Å². The van der Waals surface area contributed by atoms with Crippen molar-refractivity contribution in [2.75, 3.05) is 36.0 Å². The van der Waals surface area contributed by atoms with Crippen LogP contribution in [0.5, 0.6) is 0 Å². The topological polar surface area (TPSA) is 101 Å². The smallest absolute Gasteiger partial charge is 0.414 e. The largest absolute Gasteiger partial charge is 0.442 e. The van der Waals surface area contributed by atoms with Gasteiger partial charge in [0.1, 0.15) is 11.8 Å². The van der Waals surface area contributed by atoms with Gasteiger partial charge in [0, 0.05) is 44.1 Å². The van der Waals surface area contributed by atoms with E-state index in [-0.39, 0.29) is 36.3 Å². The van der Waals surface area contributed by atoms with E-state index in [2.05, 4.69) is 15.5 Å². The summed E-state index contributed by atoms with van der Waals surface area (Å²) in [5, 5.41) is 6.66. The molecule has 3 aromatic rings. The molecule has 1 N–H and O–H groups in total. The zero-order valence-electron chi connectivity index (χ0n) is 20.3. The number of ether oxygens (including phenoxy) is 1. The van der Waals surface area contributed by atoms with Gasteiger partial charge >= 0.3 is 6.09 Å². The number of hydrogen-bond donors (Lipinski definition) is 1. The van der Waals surface area contributed by atoms with Crippen LogP contribution in [0.15, 0.2) is 47.0 Å². The Morgan fingerprint density at radius 3 is 2.51 bits per heavy atom. The van der Waals surface area contributed by atoms with Gasteiger partial charge in [-0.1, -0.05) is 23.4 Å². The van der Waals surface area contributed by atoms with Gasteiger partial charge in [-0.25, -0.2) is 13.6 Å². The number of cyclic esters (lactones) is 1. The number of carbonyl (C=O) groups is 2. The molecule has 0 radical (unpaired) electrons. The van der Waals surface area contributed by atoms with Gasteiger partial charge in [-0.2, -0.15) is 4.98 Å². The predicted octanol–water partition coefficient (Wildman–Crippen LogP) is 3.94. The Bertz CT molecular complexity index is 1250. The number of amides is 2. The van der Waals surface area contributed by atoms with Crippen molar-refractivity contribution < 1.29 is 27.6 Å². The summed E-state index contributed by atoms with van der Waals surface area (Å²) in [6, 6.07) is 11.8. The molecule has 9 nitrogen and oxygen atoms in total. The molecule has 0 aliphatic carbocycles. The number of benzene rings is 2. The van der Waals surface area contributed by atoms with Gasteiger partial charge in [0.2, 0.25) is 5.91 Å². The third kappa shape index (κ3) is 5.55. The highest BCUT2D eigenvalue weighted by Gasteiger charge is 2.34. The number of nitrogens with one attached hydrogen (secondary N) is 1. The first kappa shape index (κ1) is 24.7. The van der Waals surface area contributed by atoms with Gasteiger partial charge in [-0.3, -0.25) is 9.69 Å². The molecule has 2 amide bonds. The summed E-state index contributed by atoms with van der Waals surface area (Å²) in [5.41, 5.74) is 0.835. The van der Waals surface area contributed by atoms with Gasteiger partial charge < -0.3 is 19.5 Å².